The van der Waals surface area contributed by atoms with Gasteiger partial charge in [-0.1, -0.05) is 0 Å². The molecule has 0 aliphatic carbocycles. The predicted octanol–water partition coefficient (Wildman–Crippen LogP) is 3.65. The first-order valence-electron chi connectivity index (χ1n) is 6.40. The number of aromatic nitrogens is 4. The lowest BCUT2D eigenvalue weighted by atomic mass is 10.2. The van der Waals surface area contributed by atoms with Gasteiger partial charge in [0.2, 0.25) is 0 Å². The van der Waals surface area contributed by atoms with Gasteiger partial charge < -0.3 is 0 Å². The average Bonchev–Trinajstić information content (AvgIpc) is 2.89. The lowest BCUT2D eigenvalue weighted by Gasteiger charge is -2.09. The SMILES string of the molecule is Cc1nn(C)cc1-n1c(C(C)Cl)nc2c(F)cc(F)cc21. The van der Waals surface area contributed by atoms with Gasteiger partial charge in [0.25, 0.3) is 0 Å². The number of rotatable bonds is 2. The second-order valence-corrected chi connectivity index (χ2v) is 5.60. The Hall–Kier alpha value is -1.95. The zero-order chi connectivity index (χ0) is 15.3. The van der Waals surface area contributed by atoms with Gasteiger partial charge in [0.05, 0.1) is 22.3 Å². The van der Waals surface area contributed by atoms with Crippen molar-refractivity contribution in [2.45, 2.75) is 19.2 Å². The second kappa shape index (κ2) is 4.80. The predicted molar refractivity (Wildman–Crippen MR) is 76.8 cm³/mol. The van der Waals surface area contributed by atoms with E-state index in [4.69, 9.17) is 11.6 Å². The molecule has 0 aliphatic heterocycles. The van der Waals surface area contributed by atoms with Crippen molar-refractivity contribution in [3.05, 3.63) is 41.5 Å². The maximum Gasteiger partial charge on any atom is 0.153 e. The molecule has 1 aromatic carbocycles. The molecular formula is C14H13ClF2N4. The van der Waals surface area contributed by atoms with Crippen LogP contribution in [0.3, 0.4) is 0 Å². The molecule has 0 fully saturated rings. The Bertz CT molecular complexity index is 835. The fourth-order valence-electron chi connectivity index (χ4n) is 2.45. The van der Waals surface area contributed by atoms with E-state index in [2.05, 4.69) is 10.1 Å². The molecule has 0 amide bonds. The summed E-state index contributed by atoms with van der Waals surface area (Å²) < 4.78 is 30.8. The molecular weight excluding hydrogens is 298 g/mol. The van der Waals surface area contributed by atoms with Gasteiger partial charge in [-0.3, -0.25) is 9.25 Å². The minimum atomic E-state index is -0.705. The summed E-state index contributed by atoms with van der Waals surface area (Å²) in [6.07, 6.45) is 1.77. The van der Waals surface area contributed by atoms with Gasteiger partial charge in [0, 0.05) is 25.4 Å². The molecule has 0 saturated carbocycles. The number of hydrogen-bond acceptors (Lipinski definition) is 2. The second-order valence-electron chi connectivity index (χ2n) is 4.95. The van der Waals surface area contributed by atoms with Gasteiger partial charge in [-0.05, 0) is 13.8 Å². The monoisotopic (exact) mass is 310 g/mol. The Morgan fingerprint density at radius 3 is 2.57 bits per heavy atom. The van der Waals surface area contributed by atoms with Crippen LogP contribution in [0.2, 0.25) is 0 Å². The molecule has 0 spiro atoms. The summed E-state index contributed by atoms with van der Waals surface area (Å²) >= 11 is 6.15. The van der Waals surface area contributed by atoms with E-state index in [0.717, 1.165) is 11.8 Å². The number of alkyl halides is 1. The quantitative estimate of drug-likeness (QED) is 0.677. The molecule has 2 aromatic heterocycles. The van der Waals surface area contributed by atoms with Crippen molar-refractivity contribution in [2.75, 3.05) is 0 Å². The molecule has 1 atom stereocenters. The Morgan fingerprint density at radius 2 is 2.00 bits per heavy atom. The summed E-state index contributed by atoms with van der Waals surface area (Å²) in [6.45, 7) is 3.55. The third kappa shape index (κ3) is 2.19. The normalized spacial score (nSPS) is 13.0. The van der Waals surface area contributed by atoms with E-state index < -0.39 is 17.0 Å². The number of benzene rings is 1. The molecule has 1 unspecified atom stereocenters. The van der Waals surface area contributed by atoms with E-state index in [0.29, 0.717) is 17.0 Å². The van der Waals surface area contributed by atoms with Crippen molar-refractivity contribution in [1.82, 2.24) is 19.3 Å². The van der Waals surface area contributed by atoms with Crippen molar-refractivity contribution >= 4 is 22.6 Å². The molecule has 4 nitrogen and oxygen atoms in total. The van der Waals surface area contributed by atoms with Crippen LogP contribution in [0.5, 0.6) is 0 Å². The van der Waals surface area contributed by atoms with Crippen LogP contribution in [0.15, 0.2) is 18.3 Å². The highest BCUT2D eigenvalue weighted by Crippen LogP contribution is 2.30. The summed E-state index contributed by atoms with van der Waals surface area (Å²) in [5, 5.41) is 3.80. The first kappa shape index (κ1) is 14.0. The minimum absolute atomic E-state index is 0.0992. The number of imidazole rings is 1. The Balaban J connectivity index is 2.44. The summed E-state index contributed by atoms with van der Waals surface area (Å²) in [6, 6.07) is 2.07. The highest BCUT2D eigenvalue weighted by atomic mass is 35.5. The van der Waals surface area contributed by atoms with Gasteiger partial charge >= 0.3 is 0 Å². The number of nitrogens with zero attached hydrogens (tertiary/aromatic N) is 4. The molecule has 0 bridgehead atoms. The summed E-state index contributed by atoms with van der Waals surface area (Å²) in [4.78, 5) is 4.23. The summed E-state index contributed by atoms with van der Waals surface area (Å²) in [7, 11) is 1.78. The molecule has 21 heavy (non-hydrogen) atoms. The molecule has 110 valence electrons. The third-order valence-corrected chi connectivity index (χ3v) is 3.48. The van der Waals surface area contributed by atoms with E-state index in [-0.39, 0.29) is 5.52 Å². The van der Waals surface area contributed by atoms with E-state index in [1.54, 1.807) is 29.4 Å². The van der Waals surface area contributed by atoms with Crippen LogP contribution < -0.4 is 0 Å². The van der Waals surface area contributed by atoms with Gasteiger partial charge in [-0.2, -0.15) is 5.10 Å². The molecule has 0 radical (unpaired) electrons. The number of hydrogen-bond donors (Lipinski definition) is 0. The fourth-order valence-corrected chi connectivity index (χ4v) is 2.59. The lowest BCUT2D eigenvalue weighted by molar-refractivity contribution is 0.590. The molecule has 2 heterocycles. The number of halogens is 3. The molecule has 0 saturated heterocycles. The van der Waals surface area contributed by atoms with Crippen LogP contribution in [-0.2, 0) is 7.05 Å². The summed E-state index contributed by atoms with van der Waals surface area (Å²) in [5.41, 5.74) is 1.86. The van der Waals surface area contributed by atoms with Crippen LogP contribution in [-0.4, -0.2) is 19.3 Å². The van der Waals surface area contributed by atoms with Crippen molar-refractivity contribution < 1.29 is 8.78 Å². The number of aryl methyl sites for hydroxylation is 2. The maximum atomic E-state index is 13.9. The summed E-state index contributed by atoms with van der Waals surface area (Å²) in [5.74, 6) is -0.910. The van der Waals surface area contributed by atoms with Gasteiger partial charge in [0.1, 0.15) is 17.2 Å². The van der Waals surface area contributed by atoms with Crippen molar-refractivity contribution in [3.8, 4) is 5.69 Å². The first-order valence-corrected chi connectivity index (χ1v) is 6.84. The highest BCUT2D eigenvalue weighted by Gasteiger charge is 2.21. The van der Waals surface area contributed by atoms with Gasteiger partial charge in [0.15, 0.2) is 5.82 Å². The molecule has 7 heteroatoms. The zero-order valence-corrected chi connectivity index (χ0v) is 12.5. The van der Waals surface area contributed by atoms with Gasteiger partial charge in [-0.25, -0.2) is 13.8 Å². The first-order chi connectivity index (χ1) is 9.88. The highest BCUT2D eigenvalue weighted by molar-refractivity contribution is 6.20. The van der Waals surface area contributed by atoms with Crippen LogP contribution in [0.25, 0.3) is 16.7 Å². The lowest BCUT2D eigenvalue weighted by Crippen LogP contribution is -2.02. The molecule has 0 aliphatic rings. The standard InChI is InChI=1S/C14H13ClF2N4/c1-7(15)14-18-13-10(17)4-9(16)5-11(13)21(14)12-6-20(3)19-8(12)2/h4-7H,1-3H3. The largest absolute Gasteiger partial charge is 0.291 e. The molecule has 0 N–H and O–H groups in total. The molecule has 3 rings (SSSR count). The van der Waals surface area contributed by atoms with Crippen molar-refractivity contribution in [3.63, 3.8) is 0 Å². The molecule has 3 aromatic rings. The zero-order valence-electron chi connectivity index (χ0n) is 11.7. The van der Waals surface area contributed by atoms with Crippen molar-refractivity contribution in [2.24, 2.45) is 7.05 Å². The van der Waals surface area contributed by atoms with Gasteiger partial charge in [-0.15, -0.1) is 11.6 Å². The minimum Gasteiger partial charge on any atom is -0.291 e. The van der Waals surface area contributed by atoms with Crippen LogP contribution in [0.4, 0.5) is 8.78 Å². The Kier molecular flexibility index (Phi) is 3.20. The Morgan fingerprint density at radius 1 is 1.29 bits per heavy atom. The van der Waals surface area contributed by atoms with Crippen LogP contribution in [0, 0.1) is 18.6 Å². The third-order valence-electron chi connectivity index (χ3n) is 3.29. The van der Waals surface area contributed by atoms with E-state index in [9.17, 15) is 8.78 Å². The van der Waals surface area contributed by atoms with Crippen LogP contribution >= 0.6 is 11.6 Å². The Labute approximate surface area is 125 Å². The fraction of sp³-hybridized carbons (Fsp3) is 0.286. The maximum absolute atomic E-state index is 13.9. The van der Waals surface area contributed by atoms with Crippen molar-refractivity contribution in [1.29, 1.82) is 0 Å². The topological polar surface area (TPSA) is 35.6 Å². The van der Waals surface area contributed by atoms with Crippen LogP contribution in [0.1, 0.15) is 23.8 Å². The van der Waals surface area contributed by atoms with E-state index >= 15 is 0 Å². The number of fused-ring (bicyclic) bond motifs is 1. The van der Waals surface area contributed by atoms with E-state index in [1.165, 1.54) is 6.07 Å². The van der Waals surface area contributed by atoms with E-state index in [1.807, 2.05) is 6.92 Å². The smallest absolute Gasteiger partial charge is 0.153 e. The average molecular weight is 311 g/mol.